The molecule has 1 aromatic rings. The second kappa shape index (κ2) is 5.70. The van der Waals surface area contributed by atoms with E-state index in [9.17, 15) is 4.79 Å². The molecule has 0 unspecified atom stereocenters. The van der Waals surface area contributed by atoms with Crippen LogP contribution in [0.1, 0.15) is 23.2 Å². The van der Waals surface area contributed by atoms with E-state index in [1.807, 2.05) is 30.3 Å². The summed E-state index contributed by atoms with van der Waals surface area (Å²) in [6, 6.07) is 10.9. The first-order valence-electron chi connectivity index (χ1n) is 4.93. The number of ketones is 1. The SMILES string of the molecule is C[SiH2]CCCC(=O)c1ccccc1. The Morgan fingerprint density at radius 1 is 1.31 bits per heavy atom. The van der Waals surface area contributed by atoms with Crippen LogP contribution in [-0.4, -0.2) is 15.3 Å². The van der Waals surface area contributed by atoms with Gasteiger partial charge in [0.05, 0.1) is 0 Å². The van der Waals surface area contributed by atoms with Crippen molar-refractivity contribution >= 4 is 15.3 Å². The van der Waals surface area contributed by atoms with E-state index >= 15 is 0 Å². The quantitative estimate of drug-likeness (QED) is 0.397. The number of carbonyl (C=O) groups is 1. The summed E-state index contributed by atoms with van der Waals surface area (Å²) in [5.74, 6) is 0.294. The van der Waals surface area contributed by atoms with E-state index in [0.29, 0.717) is 5.78 Å². The number of hydrogen-bond acceptors (Lipinski definition) is 1. The monoisotopic (exact) mass is 192 g/mol. The summed E-state index contributed by atoms with van der Waals surface area (Å²) in [5.41, 5.74) is 0.861. The van der Waals surface area contributed by atoms with Crippen molar-refractivity contribution in [1.82, 2.24) is 0 Å². The van der Waals surface area contributed by atoms with Crippen LogP contribution in [0.5, 0.6) is 0 Å². The molecule has 0 bridgehead atoms. The Morgan fingerprint density at radius 2 is 2.00 bits per heavy atom. The van der Waals surface area contributed by atoms with E-state index in [1.165, 1.54) is 6.04 Å². The van der Waals surface area contributed by atoms with Gasteiger partial charge in [0.2, 0.25) is 0 Å². The largest absolute Gasteiger partial charge is 0.294 e. The van der Waals surface area contributed by atoms with Crippen molar-refractivity contribution in [1.29, 1.82) is 0 Å². The molecule has 0 fully saturated rings. The molecule has 0 saturated heterocycles. The molecule has 2 heteroatoms. The lowest BCUT2D eigenvalue weighted by molar-refractivity contribution is 0.0981. The highest BCUT2D eigenvalue weighted by Gasteiger charge is 2.02. The number of Topliss-reactive ketones (excluding diaryl/α,β-unsaturated/α-hetero) is 1. The third kappa shape index (κ3) is 3.55. The summed E-state index contributed by atoms with van der Waals surface area (Å²) in [5, 5.41) is 0. The van der Waals surface area contributed by atoms with Crippen molar-refractivity contribution in [2.45, 2.75) is 25.4 Å². The van der Waals surface area contributed by atoms with Crippen molar-refractivity contribution < 1.29 is 4.79 Å². The highest BCUT2D eigenvalue weighted by Crippen LogP contribution is 2.06. The van der Waals surface area contributed by atoms with E-state index in [2.05, 4.69) is 6.55 Å². The van der Waals surface area contributed by atoms with Crippen LogP contribution >= 0.6 is 0 Å². The maximum atomic E-state index is 11.5. The third-order valence-electron chi connectivity index (χ3n) is 2.10. The van der Waals surface area contributed by atoms with Gasteiger partial charge in [-0.05, 0) is 6.42 Å². The van der Waals surface area contributed by atoms with Crippen LogP contribution in [0.3, 0.4) is 0 Å². The van der Waals surface area contributed by atoms with Crippen LogP contribution in [0.4, 0.5) is 0 Å². The van der Waals surface area contributed by atoms with E-state index in [1.54, 1.807) is 0 Å². The highest BCUT2D eigenvalue weighted by atomic mass is 28.2. The van der Waals surface area contributed by atoms with E-state index in [0.717, 1.165) is 18.4 Å². The summed E-state index contributed by atoms with van der Waals surface area (Å²) in [7, 11) is 0.139. The summed E-state index contributed by atoms with van der Waals surface area (Å²) in [4.78, 5) is 11.5. The van der Waals surface area contributed by atoms with Gasteiger partial charge in [-0.3, -0.25) is 4.79 Å². The first-order chi connectivity index (χ1) is 6.34. The fourth-order valence-corrected chi connectivity index (χ4v) is 2.05. The maximum absolute atomic E-state index is 11.5. The van der Waals surface area contributed by atoms with Crippen molar-refractivity contribution in [3.63, 3.8) is 0 Å². The van der Waals surface area contributed by atoms with Gasteiger partial charge in [0.25, 0.3) is 0 Å². The maximum Gasteiger partial charge on any atom is 0.162 e. The van der Waals surface area contributed by atoms with Crippen LogP contribution in [0.2, 0.25) is 12.6 Å². The third-order valence-corrected chi connectivity index (χ3v) is 3.31. The average Bonchev–Trinajstić information content (AvgIpc) is 2.19. The van der Waals surface area contributed by atoms with E-state index < -0.39 is 0 Å². The minimum atomic E-state index is 0.139. The number of rotatable bonds is 5. The second-order valence-corrected chi connectivity index (χ2v) is 4.95. The van der Waals surface area contributed by atoms with Gasteiger partial charge in [0.15, 0.2) is 5.78 Å². The number of benzene rings is 1. The molecule has 0 saturated carbocycles. The van der Waals surface area contributed by atoms with Gasteiger partial charge in [-0.25, -0.2) is 0 Å². The molecule has 0 N–H and O–H groups in total. The molecular weight excluding hydrogens is 176 g/mol. The predicted octanol–water partition coefficient (Wildman–Crippen LogP) is 2.28. The lowest BCUT2D eigenvalue weighted by Crippen LogP contribution is -1.98. The zero-order valence-corrected chi connectivity index (χ0v) is 9.54. The molecule has 0 heterocycles. The van der Waals surface area contributed by atoms with Gasteiger partial charge in [0, 0.05) is 21.5 Å². The van der Waals surface area contributed by atoms with Gasteiger partial charge in [0.1, 0.15) is 0 Å². The van der Waals surface area contributed by atoms with E-state index in [4.69, 9.17) is 0 Å². The molecule has 0 radical (unpaired) electrons. The summed E-state index contributed by atoms with van der Waals surface area (Å²) >= 11 is 0. The van der Waals surface area contributed by atoms with Crippen molar-refractivity contribution in [3.05, 3.63) is 35.9 Å². The number of hydrogen-bond donors (Lipinski definition) is 0. The molecule has 0 aliphatic carbocycles. The van der Waals surface area contributed by atoms with Crippen molar-refractivity contribution in [3.8, 4) is 0 Å². The van der Waals surface area contributed by atoms with Gasteiger partial charge in [-0.1, -0.05) is 42.9 Å². The Bertz CT molecular complexity index is 256. The summed E-state index contributed by atoms with van der Waals surface area (Å²) < 4.78 is 0. The van der Waals surface area contributed by atoms with Crippen LogP contribution in [0.15, 0.2) is 30.3 Å². The smallest absolute Gasteiger partial charge is 0.162 e. The number of carbonyl (C=O) groups excluding carboxylic acids is 1. The van der Waals surface area contributed by atoms with Crippen LogP contribution in [-0.2, 0) is 0 Å². The van der Waals surface area contributed by atoms with Gasteiger partial charge in [-0.15, -0.1) is 0 Å². The fraction of sp³-hybridized carbons (Fsp3) is 0.364. The normalized spacial score (nSPS) is 10.8. The van der Waals surface area contributed by atoms with Gasteiger partial charge < -0.3 is 0 Å². The first kappa shape index (κ1) is 10.2. The fourth-order valence-electron chi connectivity index (χ4n) is 1.30. The lowest BCUT2D eigenvalue weighted by atomic mass is 10.1. The molecule has 1 rings (SSSR count). The Morgan fingerprint density at radius 3 is 2.62 bits per heavy atom. The minimum Gasteiger partial charge on any atom is -0.294 e. The first-order valence-corrected chi connectivity index (χ1v) is 7.34. The van der Waals surface area contributed by atoms with E-state index in [-0.39, 0.29) is 9.52 Å². The molecule has 70 valence electrons. The standard InChI is InChI=1S/C11H16OSi/c1-13-9-5-8-11(12)10-6-3-2-4-7-10/h2-4,6-7H,5,8-9,13H2,1H3. The molecule has 0 atom stereocenters. The molecule has 0 aliphatic heterocycles. The Hall–Kier alpha value is -0.893. The zero-order chi connectivity index (χ0) is 9.52. The molecule has 0 amide bonds. The summed E-state index contributed by atoms with van der Waals surface area (Å²) in [6.45, 7) is 2.28. The van der Waals surface area contributed by atoms with Crippen molar-refractivity contribution in [2.24, 2.45) is 0 Å². The minimum absolute atomic E-state index is 0.139. The average molecular weight is 192 g/mol. The molecule has 1 nitrogen and oxygen atoms in total. The van der Waals surface area contributed by atoms with Crippen LogP contribution < -0.4 is 0 Å². The lowest BCUT2D eigenvalue weighted by Gasteiger charge is -1.98. The molecular formula is C11H16OSi. The van der Waals surface area contributed by atoms with Crippen LogP contribution in [0.25, 0.3) is 0 Å². The Balaban J connectivity index is 2.40. The highest BCUT2D eigenvalue weighted by molar-refractivity contribution is 6.33. The van der Waals surface area contributed by atoms with Crippen LogP contribution in [0, 0.1) is 0 Å². The Kier molecular flexibility index (Phi) is 4.47. The zero-order valence-electron chi connectivity index (χ0n) is 8.12. The van der Waals surface area contributed by atoms with Gasteiger partial charge in [-0.2, -0.15) is 0 Å². The Labute approximate surface area is 82.0 Å². The topological polar surface area (TPSA) is 17.1 Å². The second-order valence-electron chi connectivity index (χ2n) is 3.25. The molecule has 13 heavy (non-hydrogen) atoms. The van der Waals surface area contributed by atoms with Gasteiger partial charge >= 0.3 is 0 Å². The van der Waals surface area contributed by atoms with Crippen molar-refractivity contribution in [2.75, 3.05) is 0 Å². The molecule has 0 spiro atoms. The molecule has 1 aromatic carbocycles. The molecule has 0 aromatic heterocycles. The molecule has 0 aliphatic rings. The predicted molar refractivity (Wildman–Crippen MR) is 59.2 cm³/mol. The summed E-state index contributed by atoms with van der Waals surface area (Å²) in [6.07, 6.45) is 1.81.